The van der Waals surface area contributed by atoms with E-state index in [9.17, 15) is 4.79 Å². The van der Waals surface area contributed by atoms with Gasteiger partial charge in [0.2, 0.25) is 5.91 Å². The van der Waals surface area contributed by atoms with Crippen molar-refractivity contribution in [3.05, 3.63) is 0 Å². The summed E-state index contributed by atoms with van der Waals surface area (Å²) in [7, 11) is 0. The first kappa shape index (κ1) is 8.43. The Labute approximate surface area is 56.7 Å². The highest BCUT2D eigenvalue weighted by molar-refractivity contribution is 5.74. The quantitative estimate of drug-likeness (QED) is 0.455. The van der Waals surface area contributed by atoms with Gasteiger partial charge in [-0.3, -0.25) is 10.0 Å². The average molecular weight is 133 g/mol. The Kier molecular flexibility index (Phi) is 3.24. The fraction of sp³-hybridized carbons (Fsp3) is 0.833. The van der Waals surface area contributed by atoms with Gasteiger partial charge in [0.15, 0.2) is 0 Å². The lowest BCUT2D eigenvalue weighted by Crippen LogP contribution is -2.32. The maximum absolute atomic E-state index is 10.6. The van der Waals surface area contributed by atoms with Crippen LogP contribution in [0.25, 0.3) is 0 Å². The molecule has 9 heavy (non-hydrogen) atoms. The maximum Gasteiger partial charge on any atom is 0.245 e. The van der Waals surface area contributed by atoms with Gasteiger partial charge < -0.3 is 0 Å². The van der Waals surface area contributed by atoms with Crippen molar-refractivity contribution in [3.63, 3.8) is 0 Å². The molecule has 56 valence electrons. The van der Waals surface area contributed by atoms with Gasteiger partial charge in [0.05, 0.1) is 6.04 Å². The van der Waals surface area contributed by atoms with Crippen molar-refractivity contribution in [2.75, 3.05) is 0 Å². The van der Waals surface area contributed by atoms with Crippen molar-refractivity contribution in [2.24, 2.45) is 0 Å². The highest BCUT2D eigenvalue weighted by Gasteiger charge is 2.10. The van der Waals surface area contributed by atoms with Crippen molar-refractivity contribution in [1.82, 2.24) is 5.06 Å². The van der Waals surface area contributed by atoms with Gasteiger partial charge in [0.1, 0.15) is 0 Å². The summed E-state index contributed by atoms with van der Waals surface area (Å²) in [5.74, 6) is -0.231. The van der Waals surface area contributed by atoms with E-state index in [-0.39, 0.29) is 13.4 Å². The van der Waals surface area contributed by atoms with Gasteiger partial charge in [-0.2, -0.15) is 0 Å². The largest absolute Gasteiger partial charge is 0.286 e. The van der Waals surface area contributed by atoms with E-state index in [0.29, 0.717) is 6.42 Å². The summed E-state index contributed by atoms with van der Waals surface area (Å²) >= 11 is 0. The monoisotopic (exact) mass is 133 g/mol. The summed E-state index contributed by atoms with van der Waals surface area (Å²) in [5.41, 5.74) is 0. The number of rotatable bonds is 2. The van der Waals surface area contributed by atoms with Gasteiger partial charge in [-0.15, -0.1) is 0 Å². The van der Waals surface area contributed by atoms with Gasteiger partial charge in [-0.1, -0.05) is 6.92 Å². The van der Waals surface area contributed by atoms with Crippen molar-refractivity contribution in [2.45, 2.75) is 33.2 Å². The van der Waals surface area contributed by atoms with Gasteiger partial charge in [-0.25, -0.2) is 5.06 Å². The molecule has 0 unspecified atom stereocenters. The first-order valence-corrected chi connectivity index (χ1v) is 3.10. The van der Waals surface area contributed by atoms with Gasteiger partial charge in [0, 0.05) is 7.85 Å². The Balaban J connectivity index is 0. The Morgan fingerprint density at radius 2 is 2.22 bits per heavy atom. The third-order valence-electron chi connectivity index (χ3n) is 1.05. The van der Waals surface area contributed by atoms with E-state index in [4.69, 9.17) is 5.21 Å². The number of hydrogen-bond acceptors (Lipinski definition) is 2. The van der Waals surface area contributed by atoms with Gasteiger partial charge >= 0.3 is 0 Å². The normalized spacial score (nSPS) is 9.89. The molecular weight excluding hydrogens is 118 g/mol. The Bertz CT molecular complexity index is 106. The Hall–Kier alpha value is -0.570. The van der Waals surface area contributed by atoms with E-state index >= 15 is 0 Å². The first-order valence-electron chi connectivity index (χ1n) is 3.10. The highest BCUT2D eigenvalue weighted by atomic mass is 16.5. The summed E-state index contributed by atoms with van der Waals surface area (Å²) in [4.78, 5) is 10.6. The number of hydroxylamine groups is 2. The van der Waals surface area contributed by atoms with Crippen molar-refractivity contribution in [1.29, 1.82) is 0 Å². The second-order valence-electron chi connectivity index (χ2n) is 2.19. The zero-order chi connectivity index (χ0) is 7.44. The topological polar surface area (TPSA) is 40.5 Å². The molecule has 0 saturated carbocycles. The average Bonchev–Trinajstić information content (AvgIpc) is 1.84. The second kappa shape index (κ2) is 3.45. The molecule has 1 amide bonds. The molecule has 3 nitrogen and oxygen atoms in total. The third kappa shape index (κ3) is 2.46. The molecule has 0 aliphatic carbocycles. The minimum atomic E-state index is -0.231. The van der Waals surface area contributed by atoms with Gasteiger partial charge in [0.25, 0.3) is 0 Å². The third-order valence-corrected chi connectivity index (χ3v) is 1.05. The lowest BCUT2D eigenvalue weighted by Gasteiger charge is -2.17. The zero-order valence-electron chi connectivity index (χ0n) is 6.09. The van der Waals surface area contributed by atoms with Crippen molar-refractivity contribution in [3.8, 4) is 0 Å². The van der Waals surface area contributed by atoms with Gasteiger partial charge in [-0.05, 0) is 13.8 Å². The molecule has 0 saturated heterocycles. The summed E-state index contributed by atoms with van der Waals surface area (Å²) in [6.07, 6.45) is 0.356. The second-order valence-corrected chi connectivity index (χ2v) is 2.19. The van der Waals surface area contributed by atoms with Crippen LogP contribution < -0.4 is 0 Å². The molecule has 1 N–H and O–H groups in total. The van der Waals surface area contributed by atoms with Crippen LogP contribution in [0.15, 0.2) is 0 Å². The molecule has 0 aromatic heterocycles. The lowest BCUT2D eigenvalue weighted by atomic mass is 10.3. The number of amides is 1. The van der Waals surface area contributed by atoms with E-state index in [1.165, 1.54) is 0 Å². The summed E-state index contributed by atoms with van der Waals surface area (Å²) < 4.78 is 0. The molecule has 0 aromatic carbocycles. The molecule has 0 heterocycles. The number of nitrogens with zero attached hydrogens (tertiary/aromatic N) is 1. The van der Waals surface area contributed by atoms with Crippen LogP contribution in [0, 0.1) is 0 Å². The van der Waals surface area contributed by atoms with E-state index in [1.54, 1.807) is 20.8 Å². The van der Waals surface area contributed by atoms with Crippen LogP contribution in [-0.4, -0.2) is 22.2 Å². The summed E-state index contributed by atoms with van der Waals surface area (Å²) in [6, 6.07) is -0.113. The highest BCUT2D eigenvalue weighted by Crippen LogP contribution is 1.95. The standard InChI is InChI=1S/C6H13NO2.H2/c1-4-6(8)7(9)5(2)3;/h5,9H,4H2,1-3H3;1H. The molecule has 0 rings (SSSR count). The molecule has 0 spiro atoms. The molecule has 0 aliphatic heterocycles. The van der Waals surface area contributed by atoms with Crippen LogP contribution >= 0.6 is 0 Å². The van der Waals surface area contributed by atoms with Crippen LogP contribution in [0.4, 0.5) is 0 Å². The molecule has 3 heteroatoms. The molecule has 0 bridgehead atoms. The number of hydrogen-bond donors (Lipinski definition) is 1. The maximum atomic E-state index is 10.6. The minimum Gasteiger partial charge on any atom is -0.286 e. The summed E-state index contributed by atoms with van der Waals surface area (Å²) in [5, 5.41) is 9.63. The predicted molar refractivity (Wildman–Crippen MR) is 36.2 cm³/mol. The fourth-order valence-corrected chi connectivity index (χ4v) is 0.450. The summed E-state index contributed by atoms with van der Waals surface area (Å²) in [6.45, 7) is 5.23. The minimum absolute atomic E-state index is 0. The smallest absolute Gasteiger partial charge is 0.245 e. The Morgan fingerprint density at radius 3 is 2.33 bits per heavy atom. The number of carbonyl (C=O) groups is 1. The van der Waals surface area contributed by atoms with Crippen LogP contribution in [0.5, 0.6) is 0 Å². The molecular formula is C6H15NO2. The van der Waals surface area contributed by atoms with E-state index < -0.39 is 0 Å². The predicted octanol–water partition coefficient (Wildman–Crippen LogP) is 1.27. The van der Waals surface area contributed by atoms with E-state index in [2.05, 4.69) is 0 Å². The molecule has 0 aliphatic rings. The molecule has 0 atom stereocenters. The molecule has 0 aromatic rings. The van der Waals surface area contributed by atoms with Crippen molar-refractivity contribution >= 4 is 5.91 Å². The van der Waals surface area contributed by atoms with Crippen molar-refractivity contribution < 1.29 is 11.4 Å². The van der Waals surface area contributed by atoms with Crippen LogP contribution in [0.2, 0.25) is 0 Å². The van der Waals surface area contributed by atoms with E-state index in [1.807, 2.05) is 0 Å². The fourth-order valence-electron chi connectivity index (χ4n) is 0.450. The first-order chi connectivity index (χ1) is 4.09. The van der Waals surface area contributed by atoms with Crippen LogP contribution in [-0.2, 0) is 4.79 Å². The molecule has 0 fully saturated rings. The van der Waals surface area contributed by atoms with E-state index in [0.717, 1.165) is 5.06 Å². The lowest BCUT2D eigenvalue weighted by molar-refractivity contribution is -0.172. The van der Waals surface area contributed by atoms with Crippen LogP contribution in [0.3, 0.4) is 0 Å². The molecule has 0 radical (unpaired) electrons. The van der Waals surface area contributed by atoms with Crippen LogP contribution in [0.1, 0.15) is 28.6 Å². The zero-order valence-corrected chi connectivity index (χ0v) is 6.09. The Morgan fingerprint density at radius 1 is 1.78 bits per heavy atom. The number of carbonyl (C=O) groups excluding carboxylic acids is 1. The SMILES string of the molecule is CCC(=O)N(O)C(C)C.[HH].